The second-order valence-electron chi connectivity index (χ2n) is 5.59. The van der Waals surface area contributed by atoms with Crippen LogP contribution in [0.1, 0.15) is 32.1 Å². The fourth-order valence-electron chi connectivity index (χ4n) is 3.20. The number of nitrogens with zero attached hydrogens (tertiary/aromatic N) is 2. The van der Waals surface area contributed by atoms with Crippen LogP contribution in [0.2, 0.25) is 0 Å². The van der Waals surface area contributed by atoms with Crippen LogP contribution in [0, 0.1) is 5.92 Å². The third-order valence-electron chi connectivity index (χ3n) is 4.43. The van der Waals surface area contributed by atoms with E-state index in [0.29, 0.717) is 0 Å². The van der Waals surface area contributed by atoms with Crippen LogP contribution in [0.4, 0.5) is 0 Å². The Morgan fingerprint density at radius 1 is 1.00 bits per heavy atom. The highest BCUT2D eigenvalue weighted by atomic mass is 35.5. The van der Waals surface area contributed by atoms with Crippen molar-refractivity contribution in [1.82, 2.24) is 9.80 Å². The van der Waals surface area contributed by atoms with Crippen LogP contribution in [0.5, 0.6) is 0 Å². The first-order valence-electron chi connectivity index (χ1n) is 6.92. The number of halogens is 1. The number of piperidine rings is 2. The topological polar surface area (TPSA) is 32.5 Å². The fraction of sp³-hybridized carbons (Fsp3) is 1.00. The highest BCUT2D eigenvalue weighted by molar-refractivity contribution is 5.85. The molecule has 2 aliphatic rings. The first kappa shape index (κ1) is 15.2. The third kappa shape index (κ3) is 4.40. The van der Waals surface area contributed by atoms with E-state index in [2.05, 4.69) is 16.8 Å². The summed E-state index contributed by atoms with van der Waals surface area (Å²) in [5, 5.41) is 0. The number of likely N-dealkylation sites (tertiary alicyclic amines) is 2. The molecule has 0 saturated carbocycles. The second kappa shape index (κ2) is 7.57. The Hall–Kier alpha value is 0.170. The minimum atomic E-state index is 0. The molecular weight excluding hydrogens is 234 g/mol. The summed E-state index contributed by atoms with van der Waals surface area (Å²) in [4.78, 5) is 5.19. The molecule has 2 N–H and O–H groups in total. The zero-order chi connectivity index (χ0) is 11.4. The van der Waals surface area contributed by atoms with E-state index in [-0.39, 0.29) is 12.4 Å². The van der Waals surface area contributed by atoms with Crippen molar-refractivity contribution >= 4 is 12.4 Å². The summed E-state index contributed by atoms with van der Waals surface area (Å²) in [5.74, 6) is 0.910. The Labute approximate surface area is 112 Å². The Balaban J connectivity index is 0.00000144. The summed E-state index contributed by atoms with van der Waals surface area (Å²) in [6, 6.07) is 0.870. The Kier molecular flexibility index (Phi) is 6.78. The van der Waals surface area contributed by atoms with Gasteiger partial charge in [0.05, 0.1) is 0 Å². The first-order chi connectivity index (χ1) is 7.79. The molecule has 4 heteroatoms. The smallest absolute Gasteiger partial charge is 0.0120 e. The predicted molar refractivity (Wildman–Crippen MR) is 75.7 cm³/mol. The summed E-state index contributed by atoms with van der Waals surface area (Å²) < 4.78 is 0. The predicted octanol–water partition coefficient (Wildman–Crippen LogP) is 1.56. The standard InChI is InChI=1S/C13H27N3.ClH/c1-15-8-5-13(6-9-15)16-10-3-12(2-7-14)4-11-16;/h12-13H,2-11,14H2,1H3;1H. The van der Waals surface area contributed by atoms with E-state index < -0.39 is 0 Å². The van der Waals surface area contributed by atoms with E-state index in [4.69, 9.17) is 5.73 Å². The van der Waals surface area contributed by atoms with Crippen LogP contribution < -0.4 is 5.73 Å². The summed E-state index contributed by atoms with van der Waals surface area (Å²) in [6.45, 7) is 6.08. The maximum atomic E-state index is 5.63. The van der Waals surface area contributed by atoms with Gasteiger partial charge in [0.1, 0.15) is 0 Å². The minimum Gasteiger partial charge on any atom is -0.330 e. The number of hydrogen-bond acceptors (Lipinski definition) is 3. The van der Waals surface area contributed by atoms with Crippen LogP contribution in [0.25, 0.3) is 0 Å². The van der Waals surface area contributed by atoms with Crippen molar-refractivity contribution in [1.29, 1.82) is 0 Å². The van der Waals surface area contributed by atoms with E-state index in [9.17, 15) is 0 Å². The zero-order valence-corrected chi connectivity index (χ0v) is 11.9. The van der Waals surface area contributed by atoms with Gasteiger partial charge < -0.3 is 15.5 Å². The molecular formula is C13H28ClN3. The van der Waals surface area contributed by atoms with E-state index in [1.165, 1.54) is 58.3 Å². The molecule has 0 aromatic heterocycles. The van der Waals surface area contributed by atoms with Crippen LogP contribution in [0.15, 0.2) is 0 Å². The molecule has 0 aliphatic carbocycles. The lowest BCUT2D eigenvalue weighted by Gasteiger charge is -2.41. The lowest BCUT2D eigenvalue weighted by atomic mass is 9.91. The number of rotatable bonds is 3. The van der Waals surface area contributed by atoms with Gasteiger partial charge in [-0.2, -0.15) is 0 Å². The van der Waals surface area contributed by atoms with Gasteiger partial charge in [0.2, 0.25) is 0 Å². The quantitative estimate of drug-likeness (QED) is 0.837. The molecule has 0 amide bonds. The van der Waals surface area contributed by atoms with Gasteiger partial charge in [-0.1, -0.05) is 0 Å². The Morgan fingerprint density at radius 2 is 1.59 bits per heavy atom. The lowest BCUT2D eigenvalue weighted by molar-refractivity contribution is 0.0843. The zero-order valence-electron chi connectivity index (χ0n) is 11.1. The van der Waals surface area contributed by atoms with Gasteiger partial charge in [-0.15, -0.1) is 12.4 Å². The van der Waals surface area contributed by atoms with Crippen molar-refractivity contribution < 1.29 is 0 Å². The lowest BCUT2D eigenvalue weighted by Crippen LogP contribution is -2.47. The molecule has 0 atom stereocenters. The van der Waals surface area contributed by atoms with Crippen molar-refractivity contribution in [3.63, 3.8) is 0 Å². The molecule has 102 valence electrons. The number of hydrogen-bond donors (Lipinski definition) is 1. The molecule has 0 radical (unpaired) electrons. The average Bonchev–Trinajstić information content (AvgIpc) is 2.32. The van der Waals surface area contributed by atoms with Crippen molar-refractivity contribution in [3.8, 4) is 0 Å². The molecule has 2 heterocycles. The van der Waals surface area contributed by atoms with E-state index in [0.717, 1.165) is 18.5 Å². The van der Waals surface area contributed by atoms with Crippen LogP contribution in [0.3, 0.4) is 0 Å². The summed E-state index contributed by atoms with van der Waals surface area (Å²) in [7, 11) is 2.24. The van der Waals surface area contributed by atoms with Gasteiger partial charge in [0.15, 0.2) is 0 Å². The van der Waals surface area contributed by atoms with Crippen LogP contribution in [-0.4, -0.2) is 55.6 Å². The monoisotopic (exact) mass is 261 g/mol. The molecule has 0 spiro atoms. The van der Waals surface area contributed by atoms with Gasteiger partial charge in [-0.3, -0.25) is 0 Å². The third-order valence-corrected chi connectivity index (χ3v) is 4.43. The maximum absolute atomic E-state index is 5.63. The SMILES string of the molecule is CN1CCC(N2CCC(CCN)CC2)CC1.Cl. The van der Waals surface area contributed by atoms with Gasteiger partial charge >= 0.3 is 0 Å². The van der Waals surface area contributed by atoms with Gasteiger partial charge in [0, 0.05) is 6.04 Å². The molecule has 2 saturated heterocycles. The maximum Gasteiger partial charge on any atom is 0.0120 e. The fourth-order valence-corrected chi connectivity index (χ4v) is 3.20. The van der Waals surface area contributed by atoms with Crippen molar-refractivity contribution in [2.24, 2.45) is 11.7 Å². The molecule has 2 fully saturated rings. The second-order valence-corrected chi connectivity index (χ2v) is 5.59. The average molecular weight is 262 g/mol. The highest BCUT2D eigenvalue weighted by Crippen LogP contribution is 2.24. The minimum absolute atomic E-state index is 0. The molecule has 2 rings (SSSR count). The molecule has 0 unspecified atom stereocenters. The van der Waals surface area contributed by atoms with E-state index in [1.807, 2.05) is 0 Å². The first-order valence-corrected chi connectivity index (χ1v) is 6.92. The van der Waals surface area contributed by atoms with Crippen molar-refractivity contribution in [2.75, 3.05) is 39.8 Å². The molecule has 0 aromatic rings. The Morgan fingerprint density at radius 3 is 2.12 bits per heavy atom. The molecule has 0 bridgehead atoms. The van der Waals surface area contributed by atoms with Crippen molar-refractivity contribution in [3.05, 3.63) is 0 Å². The van der Waals surface area contributed by atoms with E-state index >= 15 is 0 Å². The van der Waals surface area contributed by atoms with Crippen LogP contribution >= 0.6 is 12.4 Å². The van der Waals surface area contributed by atoms with Crippen LogP contribution in [-0.2, 0) is 0 Å². The highest BCUT2D eigenvalue weighted by Gasteiger charge is 2.26. The Bertz CT molecular complexity index is 197. The van der Waals surface area contributed by atoms with Gasteiger partial charge in [0.25, 0.3) is 0 Å². The largest absolute Gasteiger partial charge is 0.330 e. The van der Waals surface area contributed by atoms with E-state index in [1.54, 1.807) is 0 Å². The molecule has 0 aromatic carbocycles. The number of nitrogens with two attached hydrogens (primary N) is 1. The van der Waals surface area contributed by atoms with Crippen molar-refractivity contribution in [2.45, 2.75) is 38.1 Å². The molecule has 2 aliphatic heterocycles. The molecule has 17 heavy (non-hydrogen) atoms. The van der Waals surface area contributed by atoms with Gasteiger partial charge in [-0.25, -0.2) is 0 Å². The normalized spacial score (nSPS) is 25.8. The summed E-state index contributed by atoms with van der Waals surface area (Å²) in [5.41, 5.74) is 5.63. The summed E-state index contributed by atoms with van der Waals surface area (Å²) in [6.07, 6.45) is 6.74. The summed E-state index contributed by atoms with van der Waals surface area (Å²) >= 11 is 0. The molecule has 3 nitrogen and oxygen atoms in total. The van der Waals surface area contributed by atoms with Gasteiger partial charge in [-0.05, 0) is 77.8 Å².